The molecular formula is C10H15N3O3. The van der Waals surface area contributed by atoms with E-state index in [1.165, 1.54) is 6.07 Å². The molecule has 1 aliphatic heterocycles. The predicted octanol–water partition coefficient (Wildman–Crippen LogP) is -0.0865. The topological polar surface area (TPSA) is 67.6 Å². The lowest BCUT2D eigenvalue weighted by Crippen LogP contribution is -2.38. The number of hydrogen-bond acceptors (Lipinski definition) is 4. The Morgan fingerprint density at radius 2 is 2.19 bits per heavy atom. The van der Waals surface area contributed by atoms with Gasteiger partial charge >= 0.3 is 5.97 Å². The summed E-state index contributed by atoms with van der Waals surface area (Å²) in [6.45, 7) is 5.02. The van der Waals surface area contributed by atoms with E-state index in [1.807, 2.05) is 0 Å². The van der Waals surface area contributed by atoms with Crippen LogP contribution in [0.4, 0.5) is 0 Å². The van der Waals surface area contributed by atoms with Gasteiger partial charge in [-0.2, -0.15) is 5.10 Å². The molecule has 1 N–H and O–H groups in total. The molecule has 0 radical (unpaired) electrons. The van der Waals surface area contributed by atoms with Crippen LogP contribution in [0.2, 0.25) is 0 Å². The Balaban J connectivity index is 1.81. The Kier molecular flexibility index (Phi) is 3.53. The summed E-state index contributed by atoms with van der Waals surface area (Å²) < 4.78 is 6.91. The molecule has 0 amide bonds. The summed E-state index contributed by atoms with van der Waals surface area (Å²) in [5, 5.41) is 12.7. The van der Waals surface area contributed by atoms with Crippen LogP contribution in [0.25, 0.3) is 0 Å². The van der Waals surface area contributed by atoms with Crippen molar-refractivity contribution in [2.24, 2.45) is 0 Å². The monoisotopic (exact) mass is 225 g/mol. The highest BCUT2D eigenvalue weighted by molar-refractivity contribution is 5.84. The van der Waals surface area contributed by atoms with Crippen LogP contribution in [0.3, 0.4) is 0 Å². The minimum Gasteiger partial charge on any atom is -0.476 e. The van der Waals surface area contributed by atoms with Crippen molar-refractivity contribution in [2.45, 2.75) is 6.54 Å². The third-order valence-electron chi connectivity index (χ3n) is 2.61. The first-order valence-electron chi connectivity index (χ1n) is 5.32. The molecule has 0 aromatic carbocycles. The molecule has 1 fully saturated rings. The molecule has 0 spiro atoms. The quantitative estimate of drug-likeness (QED) is 0.776. The van der Waals surface area contributed by atoms with Crippen LogP contribution < -0.4 is 0 Å². The van der Waals surface area contributed by atoms with E-state index >= 15 is 0 Å². The largest absolute Gasteiger partial charge is 0.476 e. The Morgan fingerprint density at radius 3 is 2.81 bits per heavy atom. The number of aromatic carboxylic acids is 1. The maximum Gasteiger partial charge on any atom is 0.356 e. The minimum absolute atomic E-state index is 0.0991. The van der Waals surface area contributed by atoms with Crippen LogP contribution in [0.5, 0.6) is 0 Å². The van der Waals surface area contributed by atoms with Gasteiger partial charge in [-0.15, -0.1) is 0 Å². The third kappa shape index (κ3) is 2.80. The van der Waals surface area contributed by atoms with Gasteiger partial charge in [-0.3, -0.25) is 9.58 Å². The highest BCUT2D eigenvalue weighted by atomic mass is 16.5. The first kappa shape index (κ1) is 11.1. The molecule has 1 aromatic heterocycles. The number of ether oxygens (including phenoxy) is 1. The Bertz CT molecular complexity index is 358. The van der Waals surface area contributed by atoms with Crippen molar-refractivity contribution in [3.8, 4) is 0 Å². The fourth-order valence-electron chi connectivity index (χ4n) is 1.67. The Labute approximate surface area is 93.4 Å². The SMILES string of the molecule is O=C(O)c1ccn(CCN2CCOCC2)n1. The molecule has 0 atom stereocenters. The summed E-state index contributed by atoms with van der Waals surface area (Å²) in [6, 6.07) is 1.52. The van der Waals surface area contributed by atoms with Crippen LogP contribution in [0.1, 0.15) is 10.5 Å². The summed E-state index contributed by atoms with van der Waals surface area (Å²) in [4.78, 5) is 12.9. The highest BCUT2D eigenvalue weighted by Crippen LogP contribution is 1.99. The van der Waals surface area contributed by atoms with Crippen molar-refractivity contribution in [2.75, 3.05) is 32.8 Å². The normalized spacial score (nSPS) is 17.5. The van der Waals surface area contributed by atoms with Crippen molar-refractivity contribution in [1.82, 2.24) is 14.7 Å². The zero-order valence-corrected chi connectivity index (χ0v) is 9.00. The predicted molar refractivity (Wildman–Crippen MR) is 56.4 cm³/mol. The number of carbonyl (C=O) groups is 1. The maximum absolute atomic E-state index is 10.6. The van der Waals surface area contributed by atoms with Gasteiger partial charge in [0.25, 0.3) is 0 Å². The van der Waals surface area contributed by atoms with Gasteiger partial charge in [-0.05, 0) is 6.07 Å². The van der Waals surface area contributed by atoms with Crippen molar-refractivity contribution < 1.29 is 14.6 Å². The van der Waals surface area contributed by atoms with Crippen molar-refractivity contribution in [1.29, 1.82) is 0 Å². The molecule has 2 rings (SSSR count). The number of carboxylic acid groups (broad SMARTS) is 1. The van der Waals surface area contributed by atoms with E-state index in [0.717, 1.165) is 32.8 Å². The maximum atomic E-state index is 10.6. The lowest BCUT2D eigenvalue weighted by molar-refractivity contribution is 0.0359. The van der Waals surface area contributed by atoms with Crippen LogP contribution in [-0.4, -0.2) is 58.6 Å². The highest BCUT2D eigenvalue weighted by Gasteiger charge is 2.11. The van der Waals surface area contributed by atoms with Crippen molar-refractivity contribution in [3.63, 3.8) is 0 Å². The Hall–Kier alpha value is -1.40. The second-order valence-electron chi connectivity index (χ2n) is 3.72. The zero-order chi connectivity index (χ0) is 11.4. The van der Waals surface area contributed by atoms with Crippen LogP contribution >= 0.6 is 0 Å². The van der Waals surface area contributed by atoms with E-state index in [9.17, 15) is 4.79 Å². The van der Waals surface area contributed by atoms with Gasteiger partial charge < -0.3 is 9.84 Å². The molecule has 6 heteroatoms. The van der Waals surface area contributed by atoms with E-state index in [-0.39, 0.29) is 5.69 Å². The molecule has 0 saturated carbocycles. The van der Waals surface area contributed by atoms with Gasteiger partial charge in [0.15, 0.2) is 5.69 Å². The standard InChI is InChI=1S/C10H15N3O3/c14-10(15)9-1-2-13(11-9)4-3-12-5-7-16-8-6-12/h1-2H,3-8H2,(H,14,15). The van der Waals surface area contributed by atoms with E-state index in [2.05, 4.69) is 10.00 Å². The van der Waals surface area contributed by atoms with Crippen LogP contribution in [-0.2, 0) is 11.3 Å². The van der Waals surface area contributed by atoms with Crippen LogP contribution in [0, 0.1) is 0 Å². The molecule has 1 saturated heterocycles. The third-order valence-corrected chi connectivity index (χ3v) is 2.61. The summed E-state index contributed by atoms with van der Waals surface area (Å²) in [5.41, 5.74) is 0.0991. The number of rotatable bonds is 4. The summed E-state index contributed by atoms with van der Waals surface area (Å²) in [7, 11) is 0. The van der Waals surface area contributed by atoms with Gasteiger partial charge in [0.2, 0.25) is 0 Å². The molecule has 1 aromatic rings. The van der Waals surface area contributed by atoms with Crippen LogP contribution in [0.15, 0.2) is 12.3 Å². The molecule has 6 nitrogen and oxygen atoms in total. The molecule has 1 aliphatic rings. The first-order chi connectivity index (χ1) is 7.75. The molecule has 88 valence electrons. The van der Waals surface area contributed by atoms with E-state index in [1.54, 1.807) is 10.9 Å². The first-order valence-corrected chi connectivity index (χ1v) is 5.32. The average Bonchev–Trinajstić information content (AvgIpc) is 2.76. The van der Waals surface area contributed by atoms with Crippen molar-refractivity contribution in [3.05, 3.63) is 18.0 Å². The van der Waals surface area contributed by atoms with Gasteiger partial charge in [-0.1, -0.05) is 0 Å². The number of aromatic nitrogens is 2. The summed E-state index contributed by atoms with van der Waals surface area (Å²) >= 11 is 0. The minimum atomic E-state index is -0.981. The van der Waals surface area contributed by atoms with E-state index < -0.39 is 5.97 Å². The molecule has 2 heterocycles. The number of nitrogens with zero attached hydrogens (tertiary/aromatic N) is 3. The van der Waals surface area contributed by atoms with E-state index in [4.69, 9.17) is 9.84 Å². The fraction of sp³-hybridized carbons (Fsp3) is 0.600. The number of carboxylic acids is 1. The number of hydrogen-bond donors (Lipinski definition) is 1. The Morgan fingerprint density at radius 1 is 1.44 bits per heavy atom. The lowest BCUT2D eigenvalue weighted by Gasteiger charge is -2.26. The smallest absolute Gasteiger partial charge is 0.356 e. The fourth-order valence-corrected chi connectivity index (χ4v) is 1.67. The summed E-state index contributed by atoms with van der Waals surface area (Å²) in [5.74, 6) is -0.981. The van der Waals surface area contributed by atoms with E-state index in [0.29, 0.717) is 6.54 Å². The zero-order valence-electron chi connectivity index (χ0n) is 9.00. The van der Waals surface area contributed by atoms with Gasteiger partial charge in [0, 0.05) is 25.8 Å². The number of morpholine rings is 1. The van der Waals surface area contributed by atoms with Crippen molar-refractivity contribution >= 4 is 5.97 Å². The van der Waals surface area contributed by atoms with Gasteiger partial charge in [-0.25, -0.2) is 4.79 Å². The molecule has 16 heavy (non-hydrogen) atoms. The average molecular weight is 225 g/mol. The second kappa shape index (κ2) is 5.09. The molecule has 0 unspecified atom stereocenters. The second-order valence-corrected chi connectivity index (χ2v) is 3.72. The lowest BCUT2D eigenvalue weighted by atomic mass is 10.4. The molecular weight excluding hydrogens is 210 g/mol. The van der Waals surface area contributed by atoms with Gasteiger partial charge in [0.1, 0.15) is 0 Å². The molecule has 0 bridgehead atoms. The summed E-state index contributed by atoms with van der Waals surface area (Å²) in [6.07, 6.45) is 1.70. The molecule has 0 aliphatic carbocycles. The van der Waals surface area contributed by atoms with Gasteiger partial charge in [0.05, 0.1) is 19.8 Å².